The van der Waals surface area contributed by atoms with Crippen LogP contribution in [0.3, 0.4) is 0 Å². The van der Waals surface area contributed by atoms with E-state index in [1.54, 1.807) is 11.8 Å². The molecule has 0 fully saturated rings. The number of nitrogens with zero attached hydrogens (tertiary/aromatic N) is 1. The summed E-state index contributed by atoms with van der Waals surface area (Å²) in [5, 5.41) is 2.92. The molecule has 2 aromatic rings. The molecule has 2 aromatic carbocycles. The molecule has 0 heterocycles. The molecule has 0 aliphatic carbocycles. The number of carbonyl (C=O) groups excluding carboxylic acids is 2. The molecular weight excluding hydrogens is 444 g/mol. The van der Waals surface area contributed by atoms with E-state index in [1.165, 1.54) is 0 Å². The Morgan fingerprint density at radius 2 is 1.80 bits per heavy atom. The first kappa shape index (κ1) is 23.9. The monoisotopic (exact) mass is 474 g/mol. The third-order valence-corrected chi connectivity index (χ3v) is 5.72. The molecule has 0 aromatic heterocycles. The summed E-state index contributed by atoms with van der Waals surface area (Å²) in [6.07, 6.45) is 0.672. The predicted molar refractivity (Wildman–Crippen MR) is 124 cm³/mol. The van der Waals surface area contributed by atoms with Crippen molar-refractivity contribution in [3.8, 4) is 5.75 Å². The van der Waals surface area contributed by atoms with Crippen molar-refractivity contribution in [3.63, 3.8) is 0 Å². The average molecular weight is 475 g/mol. The van der Waals surface area contributed by atoms with Crippen LogP contribution in [-0.4, -0.2) is 42.5 Å². The highest BCUT2D eigenvalue weighted by Gasteiger charge is 2.26. The number of hydrogen-bond acceptors (Lipinski definition) is 3. The van der Waals surface area contributed by atoms with Gasteiger partial charge in [0.15, 0.2) is 6.61 Å². The van der Waals surface area contributed by atoms with Gasteiger partial charge in [0.25, 0.3) is 5.91 Å². The number of benzene rings is 2. The first-order chi connectivity index (χ1) is 14.3. The molecule has 162 valence electrons. The third-order valence-electron chi connectivity index (χ3n) is 4.83. The summed E-state index contributed by atoms with van der Waals surface area (Å²) >= 11 is 3.46. The van der Waals surface area contributed by atoms with E-state index < -0.39 is 6.04 Å². The maximum absolute atomic E-state index is 13.0. The minimum atomic E-state index is -0.574. The minimum Gasteiger partial charge on any atom is -0.484 e. The Hall–Kier alpha value is -2.34. The van der Waals surface area contributed by atoms with E-state index >= 15 is 0 Å². The average Bonchev–Trinajstić information content (AvgIpc) is 2.73. The Kier molecular flexibility index (Phi) is 9.37. The van der Waals surface area contributed by atoms with Crippen LogP contribution in [0, 0.1) is 12.8 Å². The smallest absolute Gasteiger partial charge is 0.261 e. The lowest BCUT2D eigenvalue weighted by atomic mass is 10.1. The molecule has 0 unspecified atom stereocenters. The van der Waals surface area contributed by atoms with Gasteiger partial charge in [0.1, 0.15) is 11.8 Å². The second-order valence-electron chi connectivity index (χ2n) is 7.84. The van der Waals surface area contributed by atoms with E-state index in [2.05, 4.69) is 21.2 Å². The van der Waals surface area contributed by atoms with E-state index in [0.717, 1.165) is 15.6 Å². The van der Waals surface area contributed by atoms with Crippen molar-refractivity contribution in [2.75, 3.05) is 19.7 Å². The van der Waals surface area contributed by atoms with Gasteiger partial charge in [-0.3, -0.25) is 9.59 Å². The van der Waals surface area contributed by atoms with Crippen LogP contribution in [0.15, 0.2) is 53.0 Å². The molecule has 2 rings (SSSR count). The Balaban J connectivity index is 2.06. The number of ether oxygens (including phenoxy) is 1. The van der Waals surface area contributed by atoms with Crippen molar-refractivity contribution >= 4 is 27.7 Å². The SMILES string of the molecule is Cc1cc(OCC(=O)N(CCc2ccccc2)[C@@H](C)C(=O)NCC(C)C)ccc1Br. The van der Waals surface area contributed by atoms with Crippen molar-refractivity contribution in [1.82, 2.24) is 10.2 Å². The molecule has 0 radical (unpaired) electrons. The van der Waals surface area contributed by atoms with Crippen LogP contribution in [-0.2, 0) is 16.0 Å². The van der Waals surface area contributed by atoms with Crippen LogP contribution in [0.2, 0.25) is 0 Å². The van der Waals surface area contributed by atoms with Gasteiger partial charge in [-0.05, 0) is 55.5 Å². The minimum absolute atomic E-state index is 0.113. The van der Waals surface area contributed by atoms with Gasteiger partial charge in [-0.15, -0.1) is 0 Å². The quantitative estimate of drug-likeness (QED) is 0.556. The molecule has 0 spiro atoms. The second kappa shape index (κ2) is 11.7. The van der Waals surface area contributed by atoms with Gasteiger partial charge in [0.05, 0.1) is 0 Å². The number of halogens is 1. The van der Waals surface area contributed by atoms with Crippen LogP contribution in [0.4, 0.5) is 0 Å². The molecule has 2 amide bonds. The normalized spacial score (nSPS) is 11.8. The first-order valence-electron chi connectivity index (χ1n) is 10.3. The molecule has 0 aliphatic heterocycles. The Labute approximate surface area is 187 Å². The van der Waals surface area contributed by atoms with E-state index in [9.17, 15) is 9.59 Å². The van der Waals surface area contributed by atoms with Crippen molar-refractivity contribution in [3.05, 3.63) is 64.1 Å². The molecule has 1 N–H and O–H groups in total. The Bertz CT molecular complexity index is 840. The summed E-state index contributed by atoms with van der Waals surface area (Å²) in [5.41, 5.74) is 2.15. The number of amides is 2. The van der Waals surface area contributed by atoms with Crippen LogP contribution in [0.25, 0.3) is 0 Å². The third kappa shape index (κ3) is 7.48. The fourth-order valence-electron chi connectivity index (χ4n) is 2.96. The zero-order valence-electron chi connectivity index (χ0n) is 18.2. The predicted octanol–water partition coefficient (Wildman–Crippen LogP) is 4.37. The lowest BCUT2D eigenvalue weighted by Gasteiger charge is -2.29. The highest BCUT2D eigenvalue weighted by molar-refractivity contribution is 9.10. The van der Waals surface area contributed by atoms with E-state index in [0.29, 0.717) is 31.2 Å². The number of nitrogens with one attached hydrogen (secondary N) is 1. The van der Waals surface area contributed by atoms with Crippen LogP contribution >= 0.6 is 15.9 Å². The zero-order valence-corrected chi connectivity index (χ0v) is 19.7. The number of hydrogen-bond donors (Lipinski definition) is 1. The van der Waals surface area contributed by atoms with E-state index in [1.807, 2.05) is 69.3 Å². The van der Waals surface area contributed by atoms with Crippen LogP contribution in [0.5, 0.6) is 5.75 Å². The van der Waals surface area contributed by atoms with Gasteiger partial charge in [0, 0.05) is 17.6 Å². The summed E-state index contributed by atoms with van der Waals surface area (Å²) < 4.78 is 6.71. The topological polar surface area (TPSA) is 58.6 Å². The molecule has 1 atom stereocenters. The van der Waals surface area contributed by atoms with Gasteiger partial charge < -0.3 is 15.0 Å². The van der Waals surface area contributed by atoms with Crippen molar-refractivity contribution in [2.45, 2.75) is 40.2 Å². The van der Waals surface area contributed by atoms with Gasteiger partial charge in [-0.25, -0.2) is 0 Å². The lowest BCUT2D eigenvalue weighted by molar-refractivity contribution is -0.141. The van der Waals surface area contributed by atoms with Crippen LogP contribution < -0.4 is 10.1 Å². The Morgan fingerprint density at radius 3 is 2.43 bits per heavy atom. The maximum Gasteiger partial charge on any atom is 0.261 e. The Morgan fingerprint density at radius 1 is 1.10 bits per heavy atom. The molecule has 5 nitrogen and oxygen atoms in total. The summed E-state index contributed by atoms with van der Waals surface area (Å²) in [7, 11) is 0. The van der Waals surface area contributed by atoms with Gasteiger partial charge in [-0.2, -0.15) is 0 Å². The van der Waals surface area contributed by atoms with Crippen LogP contribution in [0.1, 0.15) is 31.9 Å². The second-order valence-corrected chi connectivity index (χ2v) is 8.69. The molecule has 0 bridgehead atoms. The van der Waals surface area contributed by atoms with Gasteiger partial charge in [-0.1, -0.05) is 60.1 Å². The van der Waals surface area contributed by atoms with Crippen molar-refractivity contribution in [2.24, 2.45) is 5.92 Å². The fraction of sp³-hybridized carbons (Fsp3) is 0.417. The largest absolute Gasteiger partial charge is 0.484 e. The summed E-state index contributed by atoms with van der Waals surface area (Å²) in [5.74, 6) is 0.617. The van der Waals surface area contributed by atoms with Crippen molar-refractivity contribution < 1.29 is 14.3 Å². The zero-order chi connectivity index (χ0) is 22.1. The molecule has 30 heavy (non-hydrogen) atoms. The summed E-state index contributed by atoms with van der Waals surface area (Å²) in [4.78, 5) is 27.2. The van der Waals surface area contributed by atoms with Gasteiger partial charge in [0.2, 0.25) is 5.91 Å². The fourth-order valence-corrected chi connectivity index (χ4v) is 3.20. The highest BCUT2D eigenvalue weighted by Crippen LogP contribution is 2.21. The van der Waals surface area contributed by atoms with E-state index in [4.69, 9.17) is 4.74 Å². The summed E-state index contributed by atoms with van der Waals surface area (Å²) in [6, 6.07) is 15.0. The van der Waals surface area contributed by atoms with Gasteiger partial charge >= 0.3 is 0 Å². The maximum atomic E-state index is 13.0. The van der Waals surface area contributed by atoms with E-state index in [-0.39, 0.29) is 18.4 Å². The number of aryl methyl sites for hydroxylation is 1. The first-order valence-corrected chi connectivity index (χ1v) is 11.1. The van der Waals surface area contributed by atoms with Crippen molar-refractivity contribution in [1.29, 1.82) is 0 Å². The highest BCUT2D eigenvalue weighted by atomic mass is 79.9. The molecule has 6 heteroatoms. The molecular formula is C24H31BrN2O3. The summed E-state index contributed by atoms with van der Waals surface area (Å²) in [6.45, 7) is 8.72. The molecule has 0 aliphatic rings. The lowest BCUT2D eigenvalue weighted by Crippen LogP contribution is -2.50. The number of carbonyl (C=O) groups is 2. The molecule has 0 saturated carbocycles. The standard InChI is InChI=1S/C24H31BrN2O3/c1-17(2)15-26-24(29)19(4)27(13-12-20-8-6-5-7-9-20)23(28)16-30-21-10-11-22(25)18(3)14-21/h5-11,14,17,19H,12-13,15-16H2,1-4H3,(H,26,29)/t19-/m0/s1. The molecule has 0 saturated heterocycles. The number of rotatable bonds is 10.